The molecule has 0 saturated heterocycles. The maximum Gasteiger partial charge on any atom is 0.247 e. The van der Waals surface area contributed by atoms with E-state index in [1.807, 2.05) is 37.3 Å². The zero-order chi connectivity index (χ0) is 18.7. The summed E-state index contributed by atoms with van der Waals surface area (Å²) in [6.07, 6.45) is 0. The summed E-state index contributed by atoms with van der Waals surface area (Å²) in [5.74, 6) is 0.868. The molecule has 0 atom stereocenters. The lowest BCUT2D eigenvalue weighted by atomic mass is 10.2. The third-order valence-corrected chi connectivity index (χ3v) is 5.72. The highest BCUT2D eigenvalue weighted by Gasteiger charge is 2.18. The second kappa shape index (κ2) is 7.27. The van der Waals surface area contributed by atoms with E-state index in [1.165, 1.54) is 18.4 Å². The molecule has 26 heavy (non-hydrogen) atoms. The van der Waals surface area contributed by atoms with Crippen LogP contribution in [0, 0.1) is 6.92 Å². The number of aryl methyl sites for hydroxylation is 1. The first-order valence-corrected chi connectivity index (χ1v) is 9.47. The Morgan fingerprint density at radius 3 is 2.50 bits per heavy atom. The number of nitrogens with zero attached hydrogens (tertiary/aromatic N) is 3. The first-order valence-electron chi connectivity index (χ1n) is 8.03. The first kappa shape index (κ1) is 18.1. The SMILES string of the molecule is Cc1ccc(S(=O)(=O)N(C)C)cc1NCc1nnc(-c2ccccc2)o1. The summed E-state index contributed by atoms with van der Waals surface area (Å²) in [7, 11) is -0.478. The van der Waals surface area contributed by atoms with Crippen molar-refractivity contribution in [2.24, 2.45) is 0 Å². The lowest BCUT2D eigenvalue weighted by Crippen LogP contribution is -2.22. The van der Waals surface area contributed by atoms with Crippen LogP contribution in [0.5, 0.6) is 0 Å². The molecule has 0 aliphatic rings. The highest BCUT2D eigenvalue weighted by atomic mass is 32.2. The minimum absolute atomic E-state index is 0.228. The van der Waals surface area contributed by atoms with Crippen molar-refractivity contribution >= 4 is 15.7 Å². The average Bonchev–Trinajstić information content (AvgIpc) is 3.10. The van der Waals surface area contributed by atoms with Crippen molar-refractivity contribution in [1.82, 2.24) is 14.5 Å². The number of sulfonamides is 1. The third-order valence-electron chi connectivity index (χ3n) is 3.91. The predicted octanol–water partition coefficient (Wildman–Crippen LogP) is 2.91. The standard InChI is InChI=1S/C18H20N4O3S/c1-13-9-10-15(26(23,24)22(2)3)11-16(13)19-12-17-20-21-18(25-17)14-7-5-4-6-8-14/h4-11,19H,12H2,1-3H3. The molecular formula is C18H20N4O3S. The largest absolute Gasteiger partial charge is 0.419 e. The van der Waals surface area contributed by atoms with Crippen LogP contribution < -0.4 is 5.32 Å². The molecule has 0 saturated carbocycles. The van der Waals surface area contributed by atoms with E-state index in [2.05, 4.69) is 15.5 Å². The van der Waals surface area contributed by atoms with Crippen LogP contribution >= 0.6 is 0 Å². The average molecular weight is 372 g/mol. The summed E-state index contributed by atoms with van der Waals surface area (Å²) in [6, 6.07) is 14.5. The van der Waals surface area contributed by atoms with Crippen molar-refractivity contribution in [1.29, 1.82) is 0 Å². The van der Waals surface area contributed by atoms with Crippen LogP contribution in [-0.2, 0) is 16.6 Å². The molecule has 8 heteroatoms. The van der Waals surface area contributed by atoms with Crippen LogP contribution in [0.1, 0.15) is 11.5 Å². The zero-order valence-electron chi connectivity index (χ0n) is 14.8. The van der Waals surface area contributed by atoms with Gasteiger partial charge in [-0.2, -0.15) is 0 Å². The number of aromatic nitrogens is 2. The molecule has 3 rings (SSSR count). The van der Waals surface area contributed by atoms with Gasteiger partial charge in [-0.3, -0.25) is 0 Å². The van der Waals surface area contributed by atoms with Gasteiger partial charge in [0.1, 0.15) is 0 Å². The summed E-state index contributed by atoms with van der Waals surface area (Å²) < 4.78 is 31.4. The summed E-state index contributed by atoms with van der Waals surface area (Å²) >= 11 is 0. The fourth-order valence-corrected chi connectivity index (χ4v) is 3.28. The van der Waals surface area contributed by atoms with E-state index >= 15 is 0 Å². The van der Waals surface area contributed by atoms with E-state index in [0.717, 1.165) is 11.1 Å². The lowest BCUT2D eigenvalue weighted by Gasteiger charge is -2.14. The monoisotopic (exact) mass is 372 g/mol. The Hall–Kier alpha value is -2.71. The Morgan fingerprint density at radius 1 is 1.08 bits per heavy atom. The van der Waals surface area contributed by atoms with Gasteiger partial charge in [0.05, 0.1) is 11.4 Å². The number of benzene rings is 2. The predicted molar refractivity (Wildman–Crippen MR) is 99.1 cm³/mol. The van der Waals surface area contributed by atoms with E-state index in [0.29, 0.717) is 24.0 Å². The quantitative estimate of drug-likeness (QED) is 0.716. The van der Waals surface area contributed by atoms with E-state index < -0.39 is 10.0 Å². The van der Waals surface area contributed by atoms with Gasteiger partial charge in [0.15, 0.2) is 0 Å². The Labute approximate surface area is 152 Å². The van der Waals surface area contributed by atoms with Gasteiger partial charge in [0.2, 0.25) is 21.8 Å². The van der Waals surface area contributed by atoms with E-state index in [-0.39, 0.29) is 4.90 Å². The summed E-state index contributed by atoms with van der Waals surface area (Å²) in [5.41, 5.74) is 2.47. The van der Waals surface area contributed by atoms with Gasteiger partial charge in [0.25, 0.3) is 0 Å². The maximum atomic E-state index is 12.3. The molecule has 1 N–H and O–H groups in total. The number of nitrogens with one attached hydrogen (secondary N) is 1. The van der Waals surface area contributed by atoms with Gasteiger partial charge in [-0.1, -0.05) is 24.3 Å². The van der Waals surface area contributed by atoms with Crippen molar-refractivity contribution in [3.63, 3.8) is 0 Å². The van der Waals surface area contributed by atoms with Crippen LogP contribution in [0.15, 0.2) is 57.8 Å². The highest BCUT2D eigenvalue weighted by Crippen LogP contribution is 2.23. The fourth-order valence-electron chi connectivity index (χ4n) is 2.36. The number of hydrogen-bond donors (Lipinski definition) is 1. The van der Waals surface area contributed by atoms with E-state index in [9.17, 15) is 8.42 Å². The van der Waals surface area contributed by atoms with Crippen LogP contribution in [0.4, 0.5) is 5.69 Å². The molecule has 2 aromatic carbocycles. The van der Waals surface area contributed by atoms with E-state index in [4.69, 9.17) is 4.42 Å². The normalized spacial score (nSPS) is 11.7. The highest BCUT2D eigenvalue weighted by molar-refractivity contribution is 7.89. The van der Waals surface area contributed by atoms with Gasteiger partial charge >= 0.3 is 0 Å². The molecule has 0 fully saturated rings. The molecule has 0 aliphatic heterocycles. The first-order chi connectivity index (χ1) is 12.4. The van der Waals surface area contributed by atoms with Crippen LogP contribution in [0.2, 0.25) is 0 Å². The topological polar surface area (TPSA) is 88.3 Å². The zero-order valence-corrected chi connectivity index (χ0v) is 15.6. The molecule has 0 radical (unpaired) electrons. The van der Waals surface area contributed by atoms with Crippen LogP contribution in [-0.4, -0.2) is 37.0 Å². The second-order valence-electron chi connectivity index (χ2n) is 5.98. The molecule has 0 aliphatic carbocycles. The van der Waals surface area contributed by atoms with Crippen LogP contribution in [0.3, 0.4) is 0 Å². The van der Waals surface area contributed by atoms with Crippen molar-refractivity contribution in [2.45, 2.75) is 18.4 Å². The summed E-state index contributed by atoms with van der Waals surface area (Å²) in [4.78, 5) is 0.228. The Kier molecular flexibility index (Phi) is 5.06. The Balaban J connectivity index is 1.77. The number of hydrogen-bond acceptors (Lipinski definition) is 6. The molecule has 3 aromatic rings. The summed E-state index contributed by atoms with van der Waals surface area (Å²) in [5, 5.41) is 11.2. The molecule has 0 spiro atoms. The smallest absolute Gasteiger partial charge is 0.247 e. The van der Waals surface area contributed by atoms with Crippen molar-refractivity contribution < 1.29 is 12.8 Å². The van der Waals surface area contributed by atoms with Gasteiger partial charge in [0, 0.05) is 25.3 Å². The number of rotatable bonds is 6. The lowest BCUT2D eigenvalue weighted by molar-refractivity contribution is 0.515. The minimum atomic E-state index is -3.49. The molecule has 0 unspecified atom stereocenters. The molecule has 1 aromatic heterocycles. The van der Waals surface area contributed by atoms with Gasteiger partial charge in [-0.15, -0.1) is 10.2 Å². The minimum Gasteiger partial charge on any atom is -0.419 e. The molecule has 136 valence electrons. The Bertz CT molecular complexity index is 998. The van der Waals surface area contributed by atoms with Gasteiger partial charge < -0.3 is 9.73 Å². The fraction of sp³-hybridized carbons (Fsp3) is 0.222. The molecule has 0 bridgehead atoms. The molecule has 7 nitrogen and oxygen atoms in total. The summed E-state index contributed by atoms with van der Waals surface area (Å²) in [6.45, 7) is 2.20. The third kappa shape index (κ3) is 3.76. The van der Waals surface area contributed by atoms with Crippen LogP contribution in [0.25, 0.3) is 11.5 Å². The number of anilines is 1. The Morgan fingerprint density at radius 2 is 1.81 bits per heavy atom. The van der Waals surface area contributed by atoms with Crippen molar-refractivity contribution in [3.8, 4) is 11.5 Å². The van der Waals surface area contributed by atoms with Gasteiger partial charge in [-0.05, 0) is 36.8 Å². The van der Waals surface area contributed by atoms with E-state index in [1.54, 1.807) is 18.2 Å². The molecule has 0 amide bonds. The second-order valence-corrected chi connectivity index (χ2v) is 8.14. The van der Waals surface area contributed by atoms with Gasteiger partial charge in [-0.25, -0.2) is 12.7 Å². The molecular weight excluding hydrogens is 352 g/mol. The van der Waals surface area contributed by atoms with Crippen molar-refractivity contribution in [2.75, 3.05) is 19.4 Å². The molecule has 1 heterocycles. The maximum absolute atomic E-state index is 12.3. The van der Waals surface area contributed by atoms with Crippen molar-refractivity contribution in [3.05, 3.63) is 60.0 Å².